The highest BCUT2D eigenvalue weighted by atomic mass is 32.2. The Morgan fingerprint density at radius 2 is 2.53 bits per heavy atom. The molecule has 2 rings (SSSR count). The fourth-order valence-electron chi connectivity index (χ4n) is 2.54. The van der Waals surface area contributed by atoms with E-state index >= 15 is 0 Å². The molecule has 1 fully saturated rings. The summed E-state index contributed by atoms with van der Waals surface area (Å²) in [6.45, 7) is 2.28. The Bertz CT molecular complexity index is 449. The van der Waals surface area contributed by atoms with E-state index in [0.29, 0.717) is 11.9 Å². The highest BCUT2D eigenvalue weighted by Crippen LogP contribution is 2.40. The number of carbonyl (C=O) groups is 1. The van der Waals surface area contributed by atoms with Gasteiger partial charge < -0.3 is 10.1 Å². The lowest BCUT2D eigenvalue weighted by Gasteiger charge is -2.26. The lowest BCUT2D eigenvalue weighted by atomic mass is 9.98. The second-order valence-corrected chi connectivity index (χ2v) is 6.26. The quantitative estimate of drug-likeness (QED) is 0.832. The molecule has 0 spiro atoms. The van der Waals surface area contributed by atoms with Crippen LogP contribution in [0.3, 0.4) is 0 Å². The molecule has 0 radical (unpaired) electrons. The third kappa shape index (κ3) is 3.12. The number of rotatable bonds is 5. The Morgan fingerprint density at radius 3 is 3.11 bits per heavy atom. The van der Waals surface area contributed by atoms with Crippen molar-refractivity contribution in [1.82, 2.24) is 15.1 Å². The fourth-order valence-corrected chi connectivity index (χ4v) is 3.85. The van der Waals surface area contributed by atoms with E-state index in [1.807, 2.05) is 33.4 Å². The Kier molecular flexibility index (Phi) is 4.52. The molecule has 1 aromatic heterocycles. The van der Waals surface area contributed by atoms with Crippen LogP contribution in [0.25, 0.3) is 0 Å². The number of nitrogens with zero attached hydrogens (tertiary/aromatic N) is 2. The topological polar surface area (TPSA) is 56.1 Å². The average Bonchev–Trinajstić information content (AvgIpc) is 2.98. The molecule has 0 bridgehead atoms. The Hall–Kier alpha value is -1.01. The number of esters is 1. The summed E-state index contributed by atoms with van der Waals surface area (Å²) in [6.07, 6.45) is 6.53. The zero-order valence-corrected chi connectivity index (χ0v) is 12.5. The molecule has 5 nitrogen and oxygen atoms in total. The van der Waals surface area contributed by atoms with Crippen molar-refractivity contribution in [2.75, 3.05) is 13.7 Å². The number of thioether (sulfide) groups is 1. The van der Waals surface area contributed by atoms with Crippen molar-refractivity contribution < 1.29 is 9.53 Å². The maximum absolute atomic E-state index is 12.1. The number of aryl methyl sites for hydroxylation is 1. The number of aromatic nitrogens is 2. The van der Waals surface area contributed by atoms with Crippen LogP contribution in [0, 0.1) is 0 Å². The number of hydrogen-bond donors (Lipinski definition) is 1. The molecule has 2 unspecified atom stereocenters. The molecule has 6 heteroatoms. The van der Waals surface area contributed by atoms with E-state index in [4.69, 9.17) is 4.74 Å². The summed E-state index contributed by atoms with van der Waals surface area (Å²) < 4.78 is 7.00. The van der Waals surface area contributed by atoms with Crippen molar-refractivity contribution in [3.8, 4) is 0 Å². The summed E-state index contributed by atoms with van der Waals surface area (Å²) in [5.41, 5.74) is -0.504. The third-order valence-corrected chi connectivity index (χ3v) is 4.82. The van der Waals surface area contributed by atoms with Crippen LogP contribution in [-0.2, 0) is 16.6 Å². The van der Waals surface area contributed by atoms with Crippen LogP contribution >= 0.6 is 11.8 Å². The van der Waals surface area contributed by atoms with Gasteiger partial charge >= 0.3 is 5.97 Å². The molecular weight excluding hydrogens is 262 g/mol. The van der Waals surface area contributed by atoms with Crippen molar-refractivity contribution in [2.24, 2.45) is 7.05 Å². The van der Waals surface area contributed by atoms with Crippen LogP contribution in [0.2, 0.25) is 0 Å². The lowest BCUT2D eigenvalue weighted by molar-refractivity contribution is -0.150. The van der Waals surface area contributed by atoms with Crippen molar-refractivity contribution in [3.63, 3.8) is 0 Å². The van der Waals surface area contributed by atoms with Gasteiger partial charge in [0, 0.05) is 23.4 Å². The van der Waals surface area contributed by atoms with E-state index in [2.05, 4.69) is 10.4 Å². The predicted octanol–water partition coefficient (Wildman–Crippen LogP) is 1.59. The minimum absolute atomic E-state index is 0.119. The van der Waals surface area contributed by atoms with Gasteiger partial charge in [0.05, 0.1) is 12.8 Å². The predicted molar refractivity (Wildman–Crippen MR) is 75.1 cm³/mol. The van der Waals surface area contributed by atoms with Gasteiger partial charge in [0.15, 0.2) is 0 Å². The molecule has 1 aliphatic rings. The molecule has 0 aromatic carbocycles. The molecule has 0 saturated heterocycles. The first-order valence-corrected chi connectivity index (χ1v) is 7.49. The first-order chi connectivity index (χ1) is 9.09. The third-order valence-electron chi connectivity index (χ3n) is 3.60. The van der Waals surface area contributed by atoms with Gasteiger partial charge in [-0.3, -0.25) is 9.48 Å². The van der Waals surface area contributed by atoms with E-state index in [-0.39, 0.29) is 5.97 Å². The van der Waals surface area contributed by atoms with Gasteiger partial charge in [0.1, 0.15) is 5.54 Å². The standard InChI is InChI=1S/C13H21N3O2S/c1-4-18-12(17)13(14-2)6-5-10(7-13)19-11-8-15-16(3)9-11/h8-10,14H,4-7H2,1-3H3. The van der Waals surface area contributed by atoms with Gasteiger partial charge in [-0.2, -0.15) is 5.10 Å². The Morgan fingerprint density at radius 1 is 1.74 bits per heavy atom. The first kappa shape index (κ1) is 14.4. The maximum Gasteiger partial charge on any atom is 0.326 e. The number of carbonyl (C=O) groups excluding carboxylic acids is 1. The molecular formula is C13H21N3O2S. The molecule has 106 valence electrons. The second kappa shape index (κ2) is 5.96. The maximum atomic E-state index is 12.1. The highest BCUT2D eigenvalue weighted by Gasteiger charge is 2.45. The van der Waals surface area contributed by atoms with Gasteiger partial charge in [-0.1, -0.05) is 0 Å². The molecule has 1 heterocycles. The number of ether oxygens (including phenoxy) is 1. The minimum atomic E-state index is -0.504. The molecule has 1 aromatic rings. The average molecular weight is 283 g/mol. The van der Waals surface area contributed by atoms with Crippen LogP contribution in [0.4, 0.5) is 0 Å². The minimum Gasteiger partial charge on any atom is -0.465 e. The molecule has 0 amide bonds. The second-order valence-electron chi connectivity index (χ2n) is 4.88. The van der Waals surface area contributed by atoms with Gasteiger partial charge in [-0.15, -0.1) is 11.8 Å². The van der Waals surface area contributed by atoms with Gasteiger partial charge in [0.25, 0.3) is 0 Å². The van der Waals surface area contributed by atoms with E-state index in [0.717, 1.165) is 24.2 Å². The Labute approximate surface area is 118 Å². The zero-order valence-electron chi connectivity index (χ0n) is 11.7. The number of nitrogens with one attached hydrogen (secondary N) is 1. The molecule has 0 aliphatic heterocycles. The summed E-state index contributed by atoms with van der Waals surface area (Å²) in [4.78, 5) is 13.2. The summed E-state index contributed by atoms with van der Waals surface area (Å²) in [7, 11) is 3.75. The molecule has 1 aliphatic carbocycles. The van der Waals surface area contributed by atoms with Crippen molar-refractivity contribution in [3.05, 3.63) is 12.4 Å². The van der Waals surface area contributed by atoms with Crippen molar-refractivity contribution >= 4 is 17.7 Å². The zero-order chi connectivity index (χ0) is 13.9. The summed E-state index contributed by atoms with van der Waals surface area (Å²) in [5, 5.41) is 7.77. The SMILES string of the molecule is CCOC(=O)C1(NC)CCC(Sc2cnn(C)c2)C1. The number of hydrogen-bond acceptors (Lipinski definition) is 5. The highest BCUT2D eigenvalue weighted by molar-refractivity contribution is 8.00. The van der Waals surface area contributed by atoms with Gasteiger partial charge in [0.2, 0.25) is 0 Å². The van der Waals surface area contributed by atoms with Crippen LogP contribution in [0.5, 0.6) is 0 Å². The van der Waals surface area contributed by atoms with Crippen LogP contribution in [-0.4, -0.2) is 40.2 Å². The van der Waals surface area contributed by atoms with E-state index < -0.39 is 5.54 Å². The number of likely N-dealkylation sites (N-methyl/N-ethyl adjacent to an activating group) is 1. The first-order valence-electron chi connectivity index (χ1n) is 6.61. The lowest BCUT2D eigenvalue weighted by Crippen LogP contribution is -2.49. The molecule has 19 heavy (non-hydrogen) atoms. The van der Waals surface area contributed by atoms with Crippen molar-refractivity contribution in [2.45, 2.75) is 41.9 Å². The largest absolute Gasteiger partial charge is 0.465 e. The van der Waals surface area contributed by atoms with Crippen LogP contribution < -0.4 is 5.32 Å². The normalized spacial score (nSPS) is 26.6. The van der Waals surface area contributed by atoms with Crippen molar-refractivity contribution in [1.29, 1.82) is 0 Å². The molecule has 1 saturated carbocycles. The summed E-state index contributed by atoms with van der Waals surface area (Å²) >= 11 is 1.79. The van der Waals surface area contributed by atoms with E-state index in [1.165, 1.54) is 0 Å². The summed E-state index contributed by atoms with van der Waals surface area (Å²) in [6, 6.07) is 0. The van der Waals surface area contributed by atoms with Crippen LogP contribution in [0.15, 0.2) is 17.3 Å². The van der Waals surface area contributed by atoms with Crippen LogP contribution in [0.1, 0.15) is 26.2 Å². The Balaban J connectivity index is 1.99. The van der Waals surface area contributed by atoms with E-state index in [1.54, 1.807) is 16.4 Å². The van der Waals surface area contributed by atoms with Gasteiger partial charge in [-0.05, 0) is 33.2 Å². The van der Waals surface area contributed by atoms with E-state index in [9.17, 15) is 4.79 Å². The smallest absolute Gasteiger partial charge is 0.326 e. The monoisotopic (exact) mass is 283 g/mol. The molecule has 1 N–H and O–H groups in total. The summed E-state index contributed by atoms with van der Waals surface area (Å²) in [5.74, 6) is -0.119. The molecule has 2 atom stereocenters. The van der Waals surface area contributed by atoms with Gasteiger partial charge in [-0.25, -0.2) is 0 Å². The fraction of sp³-hybridized carbons (Fsp3) is 0.692.